The number of nitrogens with one attached hydrogen (secondary N) is 1. The van der Waals surface area contributed by atoms with Gasteiger partial charge in [0.15, 0.2) is 0 Å². The number of nitrogens with two attached hydrogens (primary N) is 1. The van der Waals surface area contributed by atoms with Gasteiger partial charge in [-0.3, -0.25) is 11.3 Å². The molecular weight excluding hydrogens is 252 g/mol. The van der Waals surface area contributed by atoms with Crippen LogP contribution < -0.4 is 16.0 Å². The summed E-state index contributed by atoms with van der Waals surface area (Å²) in [4.78, 5) is 0. The average Bonchev–Trinajstić information content (AvgIpc) is 2.48. The maximum Gasteiger partial charge on any atom is 0.119 e. The Labute approximate surface area is 122 Å². The third-order valence-corrected chi connectivity index (χ3v) is 3.82. The lowest BCUT2D eigenvalue weighted by Gasteiger charge is -2.39. The van der Waals surface area contributed by atoms with E-state index in [0.29, 0.717) is 13.2 Å². The zero-order chi connectivity index (χ0) is 15.0. The van der Waals surface area contributed by atoms with Crippen molar-refractivity contribution in [2.75, 3.05) is 13.2 Å². The van der Waals surface area contributed by atoms with Gasteiger partial charge in [0, 0.05) is 6.61 Å². The third-order valence-electron chi connectivity index (χ3n) is 3.82. The number of rotatable bonds is 9. The molecule has 0 saturated heterocycles. The fraction of sp³-hybridized carbons (Fsp3) is 0.625. The Morgan fingerprint density at radius 1 is 1.15 bits per heavy atom. The molecule has 0 aliphatic heterocycles. The van der Waals surface area contributed by atoms with Gasteiger partial charge < -0.3 is 9.47 Å². The highest BCUT2D eigenvalue weighted by Crippen LogP contribution is 2.36. The van der Waals surface area contributed by atoms with Crippen molar-refractivity contribution < 1.29 is 9.47 Å². The van der Waals surface area contributed by atoms with E-state index in [1.54, 1.807) is 0 Å². The van der Waals surface area contributed by atoms with E-state index in [-0.39, 0.29) is 11.6 Å². The van der Waals surface area contributed by atoms with Gasteiger partial charge >= 0.3 is 0 Å². The van der Waals surface area contributed by atoms with Crippen LogP contribution in [-0.4, -0.2) is 18.8 Å². The monoisotopic (exact) mass is 280 g/mol. The van der Waals surface area contributed by atoms with Crippen molar-refractivity contribution in [1.82, 2.24) is 5.43 Å². The Morgan fingerprint density at radius 2 is 1.85 bits per heavy atom. The molecule has 1 unspecified atom stereocenters. The SMILES string of the molecule is CCOc1cccc(C(NN)C(CC)(CC)OCC)c1. The lowest BCUT2D eigenvalue weighted by molar-refractivity contribution is -0.0734. The molecule has 114 valence electrons. The van der Waals surface area contributed by atoms with Gasteiger partial charge in [-0.15, -0.1) is 0 Å². The van der Waals surface area contributed by atoms with Gasteiger partial charge in [-0.1, -0.05) is 26.0 Å². The molecule has 4 nitrogen and oxygen atoms in total. The molecule has 0 aromatic heterocycles. The minimum atomic E-state index is -0.297. The molecule has 1 rings (SSSR count). The summed E-state index contributed by atoms with van der Waals surface area (Å²) in [6, 6.07) is 7.99. The topological polar surface area (TPSA) is 56.5 Å². The van der Waals surface area contributed by atoms with Crippen molar-refractivity contribution in [3.05, 3.63) is 29.8 Å². The molecule has 0 spiro atoms. The van der Waals surface area contributed by atoms with Crippen LogP contribution in [0.3, 0.4) is 0 Å². The second-order valence-corrected chi connectivity index (χ2v) is 4.81. The second kappa shape index (κ2) is 8.25. The maximum absolute atomic E-state index is 6.05. The third kappa shape index (κ3) is 3.72. The number of hydrogen-bond donors (Lipinski definition) is 2. The number of hydrogen-bond acceptors (Lipinski definition) is 4. The average molecular weight is 280 g/mol. The smallest absolute Gasteiger partial charge is 0.119 e. The zero-order valence-corrected chi connectivity index (χ0v) is 13.1. The highest BCUT2D eigenvalue weighted by Gasteiger charge is 2.37. The first kappa shape index (κ1) is 17.0. The van der Waals surface area contributed by atoms with Crippen molar-refractivity contribution in [1.29, 1.82) is 0 Å². The lowest BCUT2D eigenvalue weighted by atomic mass is 9.84. The molecule has 0 heterocycles. The van der Waals surface area contributed by atoms with Gasteiger partial charge in [0.25, 0.3) is 0 Å². The van der Waals surface area contributed by atoms with Gasteiger partial charge in [0.1, 0.15) is 5.75 Å². The van der Waals surface area contributed by atoms with Crippen LogP contribution in [0.15, 0.2) is 24.3 Å². The summed E-state index contributed by atoms with van der Waals surface area (Å²) in [6.07, 6.45) is 1.79. The van der Waals surface area contributed by atoms with Gasteiger partial charge in [0.05, 0.1) is 18.2 Å². The van der Waals surface area contributed by atoms with E-state index < -0.39 is 0 Å². The van der Waals surface area contributed by atoms with E-state index in [1.807, 2.05) is 32.0 Å². The van der Waals surface area contributed by atoms with E-state index in [4.69, 9.17) is 15.3 Å². The molecule has 20 heavy (non-hydrogen) atoms. The predicted octanol–water partition coefficient (Wildman–Crippen LogP) is 3.19. The molecule has 1 atom stereocenters. The van der Waals surface area contributed by atoms with Crippen molar-refractivity contribution in [2.45, 2.75) is 52.2 Å². The number of hydrazine groups is 1. The first-order valence-corrected chi connectivity index (χ1v) is 7.50. The summed E-state index contributed by atoms with van der Waals surface area (Å²) in [6.45, 7) is 9.59. The summed E-state index contributed by atoms with van der Waals surface area (Å²) >= 11 is 0. The van der Waals surface area contributed by atoms with Crippen molar-refractivity contribution in [3.8, 4) is 5.75 Å². The fourth-order valence-corrected chi connectivity index (χ4v) is 2.74. The van der Waals surface area contributed by atoms with Gasteiger partial charge in [-0.2, -0.15) is 0 Å². The van der Waals surface area contributed by atoms with Crippen molar-refractivity contribution in [2.24, 2.45) is 5.84 Å². The molecule has 0 saturated carbocycles. The van der Waals surface area contributed by atoms with Crippen LogP contribution in [0.1, 0.15) is 52.1 Å². The summed E-state index contributed by atoms with van der Waals surface area (Å²) < 4.78 is 11.6. The summed E-state index contributed by atoms with van der Waals surface area (Å²) in [5.41, 5.74) is 3.73. The second-order valence-electron chi connectivity index (χ2n) is 4.81. The van der Waals surface area contributed by atoms with E-state index in [1.165, 1.54) is 0 Å². The first-order valence-electron chi connectivity index (χ1n) is 7.50. The van der Waals surface area contributed by atoms with Crippen LogP contribution in [-0.2, 0) is 4.74 Å². The Bertz CT molecular complexity index is 392. The molecule has 4 heteroatoms. The van der Waals surface area contributed by atoms with E-state index in [0.717, 1.165) is 24.2 Å². The summed E-state index contributed by atoms with van der Waals surface area (Å²) in [5, 5.41) is 0. The molecular formula is C16H28N2O2. The fourth-order valence-electron chi connectivity index (χ4n) is 2.74. The normalized spacial score (nSPS) is 13.2. The summed E-state index contributed by atoms with van der Waals surface area (Å²) in [5.74, 6) is 6.69. The van der Waals surface area contributed by atoms with Crippen LogP contribution in [0.4, 0.5) is 0 Å². The maximum atomic E-state index is 6.05. The van der Waals surface area contributed by atoms with Crippen LogP contribution in [0.25, 0.3) is 0 Å². The van der Waals surface area contributed by atoms with Gasteiger partial charge in [-0.05, 0) is 44.4 Å². The largest absolute Gasteiger partial charge is 0.494 e. The van der Waals surface area contributed by atoms with Crippen molar-refractivity contribution >= 4 is 0 Å². The van der Waals surface area contributed by atoms with E-state index in [9.17, 15) is 0 Å². The van der Waals surface area contributed by atoms with Gasteiger partial charge in [-0.25, -0.2) is 0 Å². The van der Waals surface area contributed by atoms with E-state index in [2.05, 4.69) is 25.3 Å². The molecule has 1 aromatic rings. The minimum absolute atomic E-state index is 0.0575. The van der Waals surface area contributed by atoms with Crippen LogP contribution in [0.5, 0.6) is 5.75 Å². The molecule has 3 N–H and O–H groups in total. The Balaban J connectivity index is 3.12. The molecule has 1 aromatic carbocycles. The summed E-state index contributed by atoms with van der Waals surface area (Å²) in [7, 11) is 0. The van der Waals surface area contributed by atoms with Crippen LogP contribution >= 0.6 is 0 Å². The Kier molecular flexibility index (Phi) is 6.99. The van der Waals surface area contributed by atoms with Crippen LogP contribution in [0, 0.1) is 0 Å². The number of ether oxygens (including phenoxy) is 2. The standard InChI is InChI=1S/C16H28N2O2/c1-5-16(6-2,20-8-4)15(18-17)13-10-9-11-14(12-13)19-7-3/h9-12,15,18H,5-8,17H2,1-4H3. The van der Waals surface area contributed by atoms with E-state index >= 15 is 0 Å². The zero-order valence-electron chi connectivity index (χ0n) is 13.1. The van der Waals surface area contributed by atoms with Gasteiger partial charge in [0.2, 0.25) is 0 Å². The Morgan fingerprint density at radius 3 is 2.35 bits per heavy atom. The quantitative estimate of drug-likeness (QED) is 0.539. The molecule has 0 bridgehead atoms. The first-order chi connectivity index (χ1) is 9.67. The highest BCUT2D eigenvalue weighted by atomic mass is 16.5. The molecule has 0 aliphatic carbocycles. The van der Waals surface area contributed by atoms with Crippen molar-refractivity contribution in [3.63, 3.8) is 0 Å². The molecule has 0 aliphatic rings. The minimum Gasteiger partial charge on any atom is -0.494 e. The highest BCUT2D eigenvalue weighted by molar-refractivity contribution is 5.32. The number of benzene rings is 1. The Hall–Kier alpha value is -1.10. The van der Waals surface area contributed by atoms with Crippen LogP contribution in [0.2, 0.25) is 0 Å². The molecule has 0 amide bonds. The molecule has 0 fully saturated rings. The lowest BCUT2D eigenvalue weighted by Crippen LogP contribution is -2.48. The molecule has 0 radical (unpaired) electrons. The predicted molar refractivity (Wildman–Crippen MR) is 82.6 cm³/mol.